The molecule has 2 aliphatic heterocycles. The van der Waals surface area contributed by atoms with E-state index in [4.69, 9.17) is 19.4 Å². The van der Waals surface area contributed by atoms with Crippen molar-refractivity contribution in [2.75, 3.05) is 14.2 Å². The average Bonchev–Trinajstić information content (AvgIpc) is 4.23. The number of nitrogens with zero attached hydrogens (tertiary/aromatic N) is 4. The number of aromatic amines is 2. The normalized spacial score (nSPS) is 21.9. The van der Waals surface area contributed by atoms with Gasteiger partial charge in [0.05, 0.1) is 48.4 Å². The van der Waals surface area contributed by atoms with Crippen LogP contribution in [0.5, 0.6) is 0 Å². The van der Waals surface area contributed by atoms with Crippen LogP contribution in [0.1, 0.15) is 86.5 Å². The van der Waals surface area contributed by atoms with E-state index in [0.717, 1.165) is 79.8 Å². The predicted molar refractivity (Wildman–Crippen MR) is 259 cm³/mol. The largest absolute Gasteiger partial charge is 0.453 e. The molecule has 11 rings (SSSR count). The molecular formula is C54H52N8O6. The highest BCUT2D eigenvalue weighted by atomic mass is 16.5. The number of piperidine rings is 1. The number of aromatic nitrogens is 4. The monoisotopic (exact) mass is 908 g/mol. The first kappa shape index (κ1) is 42.9. The number of hydrogen-bond donors (Lipinski definition) is 4. The lowest BCUT2D eigenvalue weighted by molar-refractivity contribution is -0.138. The molecule has 6 aromatic carbocycles. The molecule has 14 heteroatoms. The molecule has 2 saturated heterocycles. The zero-order valence-corrected chi connectivity index (χ0v) is 38.2. The number of amides is 4. The summed E-state index contributed by atoms with van der Waals surface area (Å²) in [7, 11) is 2.59. The van der Waals surface area contributed by atoms with Gasteiger partial charge in [-0.15, -0.1) is 0 Å². The highest BCUT2D eigenvalue weighted by molar-refractivity contribution is 6.07. The van der Waals surface area contributed by atoms with Gasteiger partial charge in [0.15, 0.2) is 0 Å². The third-order valence-corrected chi connectivity index (χ3v) is 14.9. The van der Waals surface area contributed by atoms with Gasteiger partial charge in [0.1, 0.15) is 23.7 Å². The summed E-state index contributed by atoms with van der Waals surface area (Å²) < 4.78 is 9.85. The standard InChI is InChI=1S/C54H52N8O6/c1-29-25-43(61(30(29)2)51(63)44(59-53(65)67-3)31-11-7-5-8-12-31)49-55-41-23-18-35-26-33(16-21-39(35)46(41)57-49)34-17-22-40-36(27-34)19-24-42-47(40)58-50(56-42)48-37-15-20-38(28-37)62(48)52(64)45(60-54(66)68-4)32-13-9-6-10-14-32/h5-14,16-19,21-24,26-27,29-30,37-38,43-45,48H,15,20,25,28H2,1-4H3,(H,55,57)(H,56,58)(H,59,65)(H,60,66)/t29?,30-,37+,38-,43+,44-,45-,48+/m1/s1. The van der Waals surface area contributed by atoms with Gasteiger partial charge >= 0.3 is 12.2 Å². The zero-order chi connectivity index (χ0) is 46.8. The number of fused-ring (bicyclic) bond motifs is 8. The fraction of sp³-hybridized carbons (Fsp3) is 0.296. The van der Waals surface area contributed by atoms with Crippen molar-refractivity contribution < 1.29 is 28.7 Å². The Bertz CT molecular complexity index is 3260. The van der Waals surface area contributed by atoms with E-state index in [0.29, 0.717) is 23.4 Å². The highest BCUT2D eigenvalue weighted by Crippen LogP contribution is 2.51. The Hall–Kier alpha value is -7.74. The van der Waals surface area contributed by atoms with Crippen molar-refractivity contribution in [3.63, 3.8) is 0 Å². The Balaban J connectivity index is 0.879. The summed E-state index contributed by atoms with van der Waals surface area (Å²) in [5.41, 5.74) is 6.97. The Kier molecular flexibility index (Phi) is 10.8. The minimum atomic E-state index is -0.923. The smallest absolute Gasteiger partial charge is 0.407 e. The maximum absolute atomic E-state index is 14.5. The Morgan fingerprint density at radius 2 is 1.13 bits per heavy atom. The lowest BCUT2D eigenvalue weighted by Gasteiger charge is -2.36. The molecule has 344 valence electrons. The molecule has 4 heterocycles. The molecule has 1 saturated carbocycles. The molecule has 1 aliphatic carbocycles. The molecule has 1 unspecified atom stereocenters. The number of imidazole rings is 2. The number of alkyl carbamates (subject to hydrolysis) is 2. The van der Waals surface area contributed by atoms with Gasteiger partial charge in [-0.25, -0.2) is 19.6 Å². The van der Waals surface area contributed by atoms with Gasteiger partial charge in [0, 0.05) is 22.9 Å². The quantitative estimate of drug-likeness (QED) is 0.111. The molecule has 2 bridgehead atoms. The summed E-state index contributed by atoms with van der Waals surface area (Å²) in [6.07, 6.45) is 2.19. The Morgan fingerprint density at radius 1 is 0.618 bits per heavy atom. The molecule has 68 heavy (non-hydrogen) atoms. The lowest BCUT2D eigenvalue weighted by atomic mass is 9.96. The fourth-order valence-electron chi connectivity index (χ4n) is 11.3. The molecule has 3 aliphatic rings. The van der Waals surface area contributed by atoms with Crippen LogP contribution in [-0.4, -0.2) is 80.0 Å². The summed E-state index contributed by atoms with van der Waals surface area (Å²) >= 11 is 0. The third kappa shape index (κ3) is 7.35. The van der Waals surface area contributed by atoms with Crippen LogP contribution in [0.25, 0.3) is 54.7 Å². The maximum atomic E-state index is 14.5. The number of rotatable bonds is 9. The Morgan fingerprint density at radius 3 is 1.68 bits per heavy atom. The van der Waals surface area contributed by atoms with Crippen molar-refractivity contribution in [2.24, 2.45) is 11.8 Å². The van der Waals surface area contributed by atoms with Crippen molar-refractivity contribution in [1.82, 2.24) is 40.4 Å². The molecule has 4 amide bonds. The van der Waals surface area contributed by atoms with Crippen molar-refractivity contribution in [3.05, 3.63) is 144 Å². The number of methoxy groups -OCH3 is 2. The summed E-state index contributed by atoms with van der Waals surface area (Å²) in [5.74, 6) is 1.53. The van der Waals surface area contributed by atoms with Crippen molar-refractivity contribution >= 4 is 67.6 Å². The van der Waals surface area contributed by atoms with E-state index in [1.165, 1.54) is 14.2 Å². The van der Waals surface area contributed by atoms with Gasteiger partial charge in [-0.1, -0.05) is 104 Å². The lowest BCUT2D eigenvalue weighted by Crippen LogP contribution is -2.47. The molecule has 8 atom stereocenters. The third-order valence-electron chi connectivity index (χ3n) is 14.9. The maximum Gasteiger partial charge on any atom is 0.407 e. The minimum absolute atomic E-state index is 0.0569. The summed E-state index contributed by atoms with van der Waals surface area (Å²) in [5, 5.41) is 9.74. The van der Waals surface area contributed by atoms with E-state index in [2.05, 4.69) is 83.0 Å². The first-order valence-electron chi connectivity index (χ1n) is 23.4. The molecule has 3 fully saturated rings. The van der Waals surface area contributed by atoms with Crippen molar-refractivity contribution in [2.45, 2.75) is 75.8 Å². The first-order chi connectivity index (χ1) is 33.1. The number of likely N-dealkylation sites (tertiary alicyclic amines) is 2. The van der Waals surface area contributed by atoms with Crippen LogP contribution in [0.15, 0.2) is 121 Å². The summed E-state index contributed by atoms with van der Waals surface area (Å²) in [6, 6.07) is 37.3. The van der Waals surface area contributed by atoms with Crippen LogP contribution >= 0.6 is 0 Å². The van der Waals surface area contributed by atoms with Crippen LogP contribution in [0.4, 0.5) is 9.59 Å². The molecule has 0 spiro atoms. The van der Waals surface area contributed by atoms with Gasteiger partial charge in [-0.05, 0) is 102 Å². The van der Waals surface area contributed by atoms with Gasteiger partial charge in [0.25, 0.3) is 11.8 Å². The molecule has 4 N–H and O–H groups in total. The first-order valence-corrected chi connectivity index (χ1v) is 23.4. The molecule has 0 radical (unpaired) electrons. The predicted octanol–water partition coefficient (Wildman–Crippen LogP) is 9.96. The van der Waals surface area contributed by atoms with E-state index in [9.17, 15) is 19.2 Å². The number of hydrogen-bond acceptors (Lipinski definition) is 8. The molecule has 8 aromatic rings. The second-order valence-electron chi connectivity index (χ2n) is 18.6. The van der Waals surface area contributed by atoms with E-state index in [-0.39, 0.29) is 47.8 Å². The minimum Gasteiger partial charge on any atom is -0.453 e. The van der Waals surface area contributed by atoms with Gasteiger partial charge in [-0.3, -0.25) is 9.59 Å². The van der Waals surface area contributed by atoms with Crippen molar-refractivity contribution in [1.29, 1.82) is 0 Å². The van der Waals surface area contributed by atoms with E-state index >= 15 is 0 Å². The van der Waals surface area contributed by atoms with Crippen LogP contribution in [-0.2, 0) is 19.1 Å². The second kappa shape index (κ2) is 17.2. The SMILES string of the molecule is COC(=O)N[C@@H](C(=O)N1[C@@H]2CC[C@@H](C2)[C@H]1c1nc2ccc3cc(-c4ccc5c(ccc6nc([C@@H]7CC(C)[C@@H](C)N7C(=O)[C@H](NC(=O)OC)c7ccccc7)[nH]c65)c4)ccc3c2[nH]1)c1ccccc1. The van der Waals surface area contributed by atoms with Crippen LogP contribution in [0.2, 0.25) is 0 Å². The van der Waals surface area contributed by atoms with Crippen LogP contribution in [0.3, 0.4) is 0 Å². The number of ether oxygens (including phenoxy) is 2. The topological polar surface area (TPSA) is 175 Å². The number of carbonyl (C=O) groups excluding carboxylic acids is 4. The average molecular weight is 909 g/mol. The fourth-order valence-corrected chi connectivity index (χ4v) is 11.3. The molecule has 2 aromatic heterocycles. The van der Waals surface area contributed by atoms with Crippen molar-refractivity contribution in [3.8, 4) is 11.1 Å². The van der Waals surface area contributed by atoms with Gasteiger partial charge < -0.3 is 39.9 Å². The van der Waals surface area contributed by atoms with Crippen LogP contribution < -0.4 is 10.6 Å². The molecule has 14 nitrogen and oxygen atoms in total. The highest BCUT2D eigenvalue weighted by Gasteiger charge is 2.51. The number of carbonyl (C=O) groups is 4. The van der Waals surface area contributed by atoms with E-state index in [1.807, 2.05) is 82.6 Å². The second-order valence-corrected chi connectivity index (χ2v) is 18.6. The number of nitrogens with one attached hydrogen (secondary N) is 4. The van der Waals surface area contributed by atoms with Crippen LogP contribution in [0, 0.1) is 11.8 Å². The summed E-state index contributed by atoms with van der Waals surface area (Å²) in [4.78, 5) is 75.3. The number of benzene rings is 6. The van der Waals surface area contributed by atoms with E-state index in [1.54, 1.807) is 0 Å². The van der Waals surface area contributed by atoms with E-state index < -0.39 is 24.3 Å². The zero-order valence-electron chi connectivity index (χ0n) is 38.2. The molecular weight excluding hydrogens is 857 g/mol. The number of H-pyrrole nitrogens is 2. The summed E-state index contributed by atoms with van der Waals surface area (Å²) in [6.45, 7) is 4.20. The van der Waals surface area contributed by atoms with Gasteiger partial charge in [0.2, 0.25) is 0 Å². The Labute approximate surface area is 392 Å². The van der Waals surface area contributed by atoms with Gasteiger partial charge in [-0.2, -0.15) is 0 Å².